The van der Waals surface area contributed by atoms with Crippen LogP contribution in [-0.4, -0.2) is 14.9 Å². The standard InChI is InChI=1S/C13H14N4O3/c1-7-4-8(2)12(10(5-7)17(18)19)20-11-6-9(3)15-13(14)16-11/h4-6H,1-3H3,(H2,14,15,16). The minimum absolute atomic E-state index is 0.0624. The third-order valence-corrected chi connectivity index (χ3v) is 2.65. The number of hydrogen-bond acceptors (Lipinski definition) is 6. The SMILES string of the molecule is Cc1cc(C)c(Oc2cc(C)nc(N)n2)c([N+](=O)[O-])c1. The highest BCUT2D eigenvalue weighted by atomic mass is 16.6. The molecule has 0 aliphatic rings. The molecule has 0 radical (unpaired) electrons. The molecule has 0 bridgehead atoms. The lowest BCUT2D eigenvalue weighted by molar-refractivity contribution is -0.385. The molecule has 7 heteroatoms. The maximum atomic E-state index is 11.1. The number of nitrogens with two attached hydrogens (primary N) is 1. The molecule has 20 heavy (non-hydrogen) atoms. The summed E-state index contributed by atoms with van der Waals surface area (Å²) in [4.78, 5) is 18.5. The predicted molar refractivity (Wildman–Crippen MR) is 73.8 cm³/mol. The summed E-state index contributed by atoms with van der Waals surface area (Å²) in [6.07, 6.45) is 0. The van der Waals surface area contributed by atoms with Gasteiger partial charge in [-0.2, -0.15) is 4.98 Å². The smallest absolute Gasteiger partial charge is 0.312 e. The van der Waals surface area contributed by atoms with E-state index in [2.05, 4.69) is 9.97 Å². The van der Waals surface area contributed by atoms with Crippen LogP contribution in [0.15, 0.2) is 18.2 Å². The van der Waals surface area contributed by atoms with Crippen molar-refractivity contribution in [2.45, 2.75) is 20.8 Å². The average molecular weight is 274 g/mol. The first-order chi connectivity index (χ1) is 9.36. The lowest BCUT2D eigenvalue weighted by Gasteiger charge is -2.10. The van der Waals surface area contributed by atoms with Crippen LogP contribution in [0.2, 0.25) is 0 Å². The fourth-order valence-corrected chi connectivity index (χ4v) is 1.92. The molecule has 0 amide bonds. The Morgan fingerprint density at radius 3 is 2.50 bits per heavy atom. The Bertz CT molecular complexity index is 665. The van der Waals surface area contributed by atoms with Crippen LogP contribution in [0.4, 0.5) is 11.6 Å². The number of ether oxygens (including phenoxy) is 1. The van der Waals surface area contributed by atoms with Crippen molar-refractivity contribution < 1.29 is 9.66 Å². The van der Waals surface area contributed by atoms with Gasteiger partial charge in [0.1, 0.15) is 0 Å². The quantitative estimate of drug-likeness (QED) is 0.681. The zero-order valence-electron chi connectivity index (χ0n) is 11.4. The number of rotatable bonds is 3. The number of nitro groups is 1. The number of hydrogen-bond donors (Lipinski definition) is 1. The Morgan fingerprint density at radius 2 is 1.90 bits per heavy atom. The van der Waals surface area contributed by atoms with Crippen LogP contribution in [0.25, 0.3) is 0 Å². The van der Waals surface area contributed by atoms with E-state index in [-0.39, 0.29) is 23.3 Å². The van der Waals surface area contributed by atoms with E-state index in [0.29, 0.717) is 11.3 Å². The normalized spacial score (nSPS) is 10.3. The number of nitrogen functional groups attached to an aromatic ring is 1. The number of anilines is 1. The van der Waals surface area contributed by atoms with E-state index >= 15 is 0 Å². The number of benzene rings is 1. The predicted octanol–water partition coefficient (Wildman–Crippen LogP) is 2.68. The first-order valence-electron chi connectivity index (χ1n) is 5.91. The van der Waals surface area contributed by atoms with E-state index < -0.39 is 4.92 Å². The number of nitrogens with zero attached hydrogens (tertiary/aromatic N) is 3. The van der Waals surface area contributed by atoms with Gasteiger partial charge in [-0.25, -0.2) is 4.98 Å². The van der Waals surface area contributed by atoms with Gasteiger partial charge in [0.05, 0.1) is 4.92 Å². The van der Waals surface area contributed by atoms with Gasteiger partial charge in [0, 0.05) is 17.8 Å². The van der Waals surface area contributed by atoms with Gasteiger partial charge in [0.15, 0.2) is 0 Å². The van der Waals surface area contributed by atoms with Gasteiger partial charge < -0.3 is 10.5 Å². The lowest BCUT2D eigenvalue weighted by Crippen LogP contribution is -2.01. The van der Waals surface area contributed by atoms with Crippen LogP contribution < -0.4 is 10.5 Å². The van der Waals surface area contributed by atoms with Gasteiger partial charge in [-0.05, 0) is 31.9 Å². The summed E-state index contributed by atoms with van der Waals surface area (Å²) in [5.74, 6) is 0.413. The second kappa shape index (κ2) is 5.12. The largest absolute Gasteiger partial charge is 0.431 e. The topological polar surface area (TPSA) is 104 Å². The Morgan fingerprint density at radius 1 is 1.20 bits per heavy atom. The van der Waals surface area contributed by atoms with E-state index in [1.54, 1.807) is 32.9 Å². The van der Waals surface area contributed by atoms with Gasteiger partial charge in [0.2, 0.25) is 17.6 Å². The summed E-state index contributed by atoms with van der Waals surface area (Å²) in [7, 11) is 0. The molecule has 1 aromatic carbocycles. The Hall–Kier alpha value is -2.70. The van der Waals surface area contributed by atoms with Crippen LogP contribution in [0.5, 0.6) is 11.6 Å². The Labute approximate surface area is 115 Å². The fourth-order valence-electron chi connectivity index (χ4n) is 1.92. The molecular weight excluding hydrogens is 260 g/mol. The van der Waals surface area contributed by atoms with Gasteiger partial charge in [-0.3, -0.25) is 10.1 Å². The van der Waals surface area contributed by atoms with Crippen molar-refractivity contribution in [2.75, 3.05) is 5.73 Å². The monoisotopic (exact) mass is 274 g/mol. The Balaban J connectivity index is 2.50. The van der Waals surface area contributed by atoms with E-state index in [4.69, 9.17) is 10.5 Å². The number of nitro benzene ring substituents is 1. The summed E-state index contributed by atoms with van der Waals surface area (Å²) in [5, 5.41) is 11.1. The summed E-state index contributed by atoms with van der Waals surface area (Å²) in [6.45, 7) is 5.27. The molecule has 0 aliphatic carbocycles. The van der Waals surface area contributed by atoms with Gasteiger partial charge in [-0.15, -0.1) is 0 Å². The summed E-state index contributed by atoms with van der Waals surface area (Å²) < 4.78 is 5.55. The fraction of sp³-hybridized carbons (Fsp3) is 0.231. The molecule has 104 valence electrons. The van der Waals surface area contributed by atoms with Crippen molar-refractivity contribution in [2.24, 2.45) is 0 Å². The maximum Gasteiger partial charge on any atom is 0.312 e. The van der Waals surface area contributed by atoms with Crippen molar-refractivity contribution in [3.8, 4) is 11.6 Å². The molecule has 1 heterocycles. The highest BCUT2D eigenvalue weighted by Crippen LogP contribution is 2.35. The second-order valence-corrected chi connectivity index (χ2v) is 4.50. The zero-order valence-corrected chi connectivity index (χ0v) is 11.4. The second-order valence-electron chi connectivity index (χ2n) is 4.50. The molecule has 0 fully saturated rings. The van der Waals surface area contributed by atoms with Crippen LogP contribution in [-0.2, 0) is 0 Å². The molecule has 0 unspecified atom stereocenters. The molecule has 1 aromatic heterocycles. The molecule has 0 saturated carbocycles. The molecule has 0 aliphatic heterocycles. The molecule has 0 saturated heterocycles. The Kier molecular flexibility index (Phi) is 3.51. The van der Waals surface area contributed by atoms with Crippen molar-refractivity contribution >= 4 is 11.6 Å². The zero-order chi connectivity index (χ0) is 14.9. The van der Waals surface area contributed by atoms with Crippen LogP contribution >= 0.6 is 0 Å². The van der Waals surface area contributed by atoms with Crippen molar-refractivity contribution in [1.29, 1.82) is 0 Å². The molecule has 0 spiro atoms. The molecule has 0 atom stereocenters. The van der Waals surface area contributed by atoms with E-state index in [1.807, 2.05) is 0 Å². The third kappa shape index (κ3) is 2.82. The number of aromatic nitrogens is 2. The van der Waals surface area contributed by atoms with Crippen LogP contribution in [0.3, 0.4) is 0 Å². The molecular formula is C13H14N4O3. The third-order valence-electron chi connectivity index (χ3n) is 2.65. The lowest BCUT2D eigenvalue weighted by atomic mass is 10.1. The van der Waals surface area contributed by atoms with Gasteiger partial charge >= 0.3 is 5.69 Å². The van der Waals surface area contributed by atoms with Crippen molar-refractivity contribution in [3.63, 3.8) is 0 Å². The van der Waals surface area contributed by atoms with E-state index in [1.165, 1.54) is 6.07 Å². The summed E-state index contributed by atoms with van der Waals surface area (Å²) in [6, 6.07) is 4.83. The van der Waals surface area contributed by atoms with Crippen molar-refractivity contribution in [1.82, 2.24) is 9.97 Å². The summed E-state index contributed by atoms with van der Waals surface area (Å²) in [5.41, 5.74) is 7.51. The highest BCUT2D eigenvalue weighted by Gasteiger charge is 2.20. The highest BCUT2D eigenvalue weighted by molar-refractivity contribution is 5.55. The van der Waals surface area contributed by atoms with Crippen LogP contribution in [0.1, 0.15) is 16.8 Å². The molecule has 2 N–H and O–H groups in total. The first kappa shape index (κ1) is 13.7. The van der Waals surface area contributed by atoms with Gasteiger partial charge in [-0.1, -0.05) is 6.07 Å². The molecule has 2 rings (SSSR count). The van der Waals surface area contributed by atoms with Crippen molar-refractivity contribution in [3.05, 3.63) is 45.1 Å². The van der Waals surface area contributed by atoms with Gasteiger partial charge in [0.25, 0.3) is 0 Å². The average Bonchev–Trinajstić information content (AvgIpc) is 2.30. The molecule has 2 aromatic rings. The minimum Gasteiger partial charge on any atom is -0.431 e. The molecule has 7 nitrogen and oxygen atoms in total. The minimum atomic E-state index is -0.479. The van der Waals surface area contributed by atoms with E-state index in [0.717, 1.165) is 5.56 Å². The first-order valence-corrected chi connectivity index (χ1v) is 5.91. The maximum absolute atomic E-state index is 11.1. The van der Waals surface area contributed by atoms with E-state index in [9.17, 15) is 10.1 Å². The van der Waals surface area contributed by atoms with Crippen LogP contribution in [0, 0.1) is 30.9 Å². The number of aryl methyl sites for hydroxylation is 3. The summed E-state index contributed by atoms with van der Waals surface area (Å²) >= 11 is 0.